The van der Waals surface area contributed by atoms with E-state index >= 15 is 0 Å². The quantitative estimate of drug-likeness (QED) is 0.827. The number of rotatable bonds is 6. The summed E-state index contributed by atoms with van der Waals surface area (Å²) in [4.78, 5) is 8.80. The van der Waals surface area contributed by atoms with Gasteiger partial charge in [0.05, 0.1) is 12.7 Å². The van der Waals surface area contributed by atoms with Gasteiger partial charge in [0.25, 0.3) is 0 Å². The Balaban J connectivity index is 1.95. The molecular formula is C13H20N6. The van der Waals surface area contributed by atoms with Crippen LogP contribution in [0.3, 0.4) is 0 Å². The topological polar surface area (TPSA) is 67.7 Å². The summed E-state index contributed by atoms with van der Waals surface area (Å²) in [6.45, 7) is 5.68. The Bertz CT molecular complexity index is 511. The molecule has 19 heavy (non-hydrogen) atoms. The lowest BCUT2D eigenvalue weighted by Crippen LogP contribution is -2.13. The summed E-state index contributed by atoms with van der Waals surface area (Å²) in [6.07, 6.45) is 4.71. The van der Waals surface area contributed by atoms with E-state index in [4.69, 9.17) is 0 Å². The van der Waals surface area contributed by atoms with Gasteiger partial charge in [-0.15, -0.1) is 0 Å². The molecule has 2 aromatic rings. The number of aryl methyl sites for hydroxylation is 2. The second-order valence-electron chi connectivity index (χ2n) is 4.37. The van der Waals surface area contributed by atoms with Gasteiger partial charge in [0.2, 0.25) is 0 Å². The molecule has 0 saturated carbocycles. The molecule has 0 aliphatic rings. The number of nitrogens with zero attached hydrogens (tertiary/aromatic N) is 4. The van der Waals surface area contributed by atoms with Gasteiger partial charge in [0.1, 0.15) is 17.5 Å². The molecule has 6 heteroatoms. The van der Waals surface area contributed by atoms with Gasteiger partial charge < -0.3 is 10.6 Å². The fourth-order valence-electron chi connectivity index (χ4n) is 1.76. The van der Waals surface area contributed by atoms with Gasteiger partial charge in [-0.25, -0.2) is 9.97 Å². The van der Waals surface area contributed by atoms with Crippen LogP contribution in [0, 0.1) is 6.92 Å². The van der Waals surface area contributed by atoms with Crippen molar-refractivity contribution in [1.29, 1.82) is 0 Å². The fourth-order valence-corrected chi connectivity index (χ4v) is 1.76. The standard InChI is InChI=1S/C13H20N6/c1-4-11-17-12(14-3)7-13(18-11)15-5-6-19-9-10(2)8-16-19/h7-9H,4-6H2,1-3H3,(H2,14,15,17,18). The summed E-state index contributed by atoms with van der Waals surface area (Å²) in [5, 5.41) is 10.6. The molecule has 2 rings (SSSR count). The van der Waals surface area contributed by atoms with Gasteiger partial charge in [-0.1, -0.05) is 6.92 Å². The lowest BCUT2D eigenvalue weighted by Gasteiger charge is -2.09. The van der Waals surface area contributed by atoms with Crippen molar-refractivity contribution in [3.8, 4) is 0 Å². The van der Waals surface area contributed by atoms with Crippen molar-refractivity contribution in [3.63, 3.8) is 0 Å². The van der Waals surface area contributed by atoms with E-state index in [0.717, 1.165) is 37.0 Å². The first kappa shape index (κ1) is 13.3. The van der Waals surface area contributed by atoms with Crippen LogP contribution < -0.4 is 10.6 Å². The maximum absolute atomic E-state index is 4.44. The summed E-state index contributed by atoms with van der Waals surface area (Å²) in [6, 6.07) is 1.91. The molecule has 0 saturated heterocycles. The summed E-state index contributed by atoms with van der Waals surface area (Å²) in [7, 11) is 1.86. The smallest absolute Gasteiger partial charge is 0.132 e. The second kappa shape index (κ2) is 6.17. The van der Waals surface area contributed by atoms with Crippen molar-refractivity contribution in [1.82, 2.24) is 19.7 Å². The molecule has 0 spiro atoms. The van der Waals surface area contributed by atoms with E-state index in [-0.39, 0.29) is 0 Å². The predicted octanol–water partition coefficient (Wildman–Crippen LogP) is 1.70. The van der Waals surface area contributed by atoms with Crippen LogP contribution in [0.4, 0.5) is 11.6 Å². The minimum absolute atomic E-state index is 0.782. The molecule has 0 aliphatic carbocycles. The van der Waals surface area contributed by atoms with Crippen molar-refractivity contribution < 1.29 is 0 Å². The Labute approximate surface area is 113 Å². The summed E-state index contributed by atoms with van der Waals surface area (Å²) in [5.74, 6) is 2.52. The van der Waals surface area contributed by atoms with Gasteiger partial charge in [-0.2, -0.15) is 5.10 Å². The van der Waals surface area contributed by atoms with Crippen LogP contribution in [0.5, 0.6) is 0 Å². The highest BCUT2D eigenvalue weighted by Gasteiger charge is 2.02. The van der Waals surface area contributed by atoms with Crippen LogP contribution >= 0.6 is 0 Å². The Hall–Kier alpha value is -2.11. The SMILES string of the molecule is CCc1nc(NC)cc(NCCn2cc(C)cn2)n1. The van der Waals surface area contributed by atoms with Crippen molar-refractivity contribution in [2.45, 2.75) is 26.8 Å². The van der Waals surface area contributed by atoms with Crippen molar-refractivity contribution in [3.05, 3.63) is 29.8 Å². The molecule has 0 bridgehead atoms. The zero-order chi connectivity index (χ0) is 13.7. The fraction of sp³-hybridized carbons (Fsp3) is 0.462. The van der Waals surface area contributed by atoms with Gasteiger partial charge >= 0.3 is 0 Å². The predicted molar refractivity (Wildman–Crippen MR) is 76.4 cm³/mol. The molecular weight excluding hydrogens is 240 g/mol. The zero-order valence-corrected chi connectivity index (χ0v) is 11.6. The molecule has 0 radical (unpaired) electrons. The third-order valence-electron chi connectivity index (χ3n) is 2.75. The van der Waals surface area contributed by atoms with E-state index in [1.54, 1.807) is 0 Å². The van der Waals surface area contributed by atoms with Crippen LogP contribution in [-0.2, 0) is 13.0 Å². The molecule has 0 fully saturated rings. The Morgan fingerprint density at radius 2 is 2.05 bits per heavy atom. The van der Waals surface area contributed by atoms with Gasteiger partial charge in [0.15, 0.2) is 0 Å². The van der Waals surface area contributed by atoms with Crippen LogP contribution in [0.15, 0.2) is 18.5 Å². The number of aromatic nitrogens is 4. The van der Waals surface area contributed by atoms with E-state index in [1.165, 1.54) is 5.56 Å². The largest absolute Gasteiger partial charge is 0.373 e. The number of anilines is 2. The molecule has 0 unspecified atom stereocenters. The molecule has 2 heterocycles. The first-order valence-electron chi connectivity index (χ1n) is 6.50. The lowest BCUT2D eigenvalue weighted by molar-refractivity contribution is 0.636. The van der Waals surface area contributed by atoms with Crippen LogP contribution in [0.25, 0.3) is 0 Å². The van der Waals surface area contributed by atoms with Crippen LogP contribution in [0.2, 0.25) is 0 Å². The molecule has 2 aromatic heterocycles. The number of hydrogen-bond acceptors (Lipinski definition) is 5. The Morgan fingerprint density at radius 1 is 1.26 bits per heavy atom. The maximum atomic E-state index is 4.44. The minimum atomic E-state index is 0.782. The highest BCUT2D eigenvalue weighted by Crippen LogP contribution is 2.11. The molecule has 0 atom stereocenters. The first-order chi connectivity index (χ1) is 9.21. The lowest BCUT2D eigenvalue weighted by atomic mass is 10.4. The van der Waals surface area contributed by atoms with Crippen LogP contribution in [-0.4, -0.2) is 33.3 Å². The average molecular weight is 260 g/mol. The van der Waals surface area contributed by atoms with E-state index in [2.05, 4.69) is 25.7 Å². The van der Waals surface area contributed by atoms with Crippen molar-refractivity contribution in [2.75, 3.05) is 24.2 Å². The van der Waals surface area contributed by atoms with E-state index < -0.39 is 0 Å². The molecule has 2 N–H and O–H groups in total. The highest BCUT2D eigenvalue weighted by molar-refractivity contribution is 5.47. The van der Waals surface area contributed by atoms with Gasteiger partial charge in [-0.3, -0.25) is 4.68 Å². The normalized spacial score (nSPS) is 10.5. The zero-order valence-electron chi connectivity index (χ0n) is 11.6. The van der Waals surface area contributed by atoms with E-state index in [1.807, 2.05) is 44.0 Å². The van der Waals surface area contributed by atoms with Gasteiger partial charge in [-0.05, 0) is 12.5 Å². The maximum Gasteiger partial charge on any atom is 0.132 e. The van der Waals surface area contributed by atoms with E-state index in [9.17, 15) is 0 Å². The molecule has 0 amide bonds. The molecule has 0 aliphatic heterocycles. The first-order valence-corrected chi connectivity index (χ1v) is 6.50. The summed E-state index contributed by atoms with van der Waals surface area (Å²) >= 11 is 0. The monoisotopic (exact) mass is 260 g/mol. The third-order valence-corrected chi connectivity index (χ3v) is 2.75. The molecule has 0 aromatic carbocycles. The minimum Gasteiger partial charge on any atom is -0.373 e. The summed E-state index contributed by atoms with van der Waals surface area (Å²) < 4.78 is 1.92. The van der Waals surface area contributed by atoms with Crippen LogP contribution in [0.1, 0.15) is 18.3 Å². The average Bonchev–Trinajstić information content (AvgIpc) is 2.84. The van der Waals surface area contributed by atoms with Crippen molar-refractivity contribution in [2.24, 2.45) is 0 Å². The third kappa shape index (κ3) is 3.67. The molecule has 6 nitrogen and oxygen atoms in total. The summed E-state index contributed by atoms with van der Waals surface area (Å²) in [5.41, 5.74) is 1.17. The van der Waals surface area contributed by atoms with Gasteiger partial charge in [0, 0.05) is 32.3 Å². The van der Waals surface area contributed by atoms with E-state index in [0.29, 0.717) is 0 Å². The Kier molecular flexibility index (Phi) is 4.33. The highest BCUT2D eigenvalue weighted by atomic mass is 15.3. The second-order valence-corrected chi connectivity index (χ2v) is 4.37. The number of nitrogens with one attached hydrogen (secondary N) is 2. The van der Waals surface area contributed by atoms with Crippen molar-refractivity contribution >= 4 is 11.6 Å². The molecule has 102 valence electrons. The number of hydrogen-bond donors (Lipinski definition) is 2. The Morgan fingerprint density at radius 3 is 2.68 bits per heavy atom.